The number of benzene rings is 2. The van der Waals surface area contributed by atoms with E-state index in [1.165, 1.54) is 42.5 Å². The van der Waals surface area contributed by atoms with Crippen LogP contribution in [-0.4, -0.2) is 22.6 Å². The minimum absolute atomic E-state index is 0.0257. The third kappa shape index (κ3) is 3.28. The van der Waals surface area contributed by atoms with Gasteiger partial charge in [0.1, 0.15) is 4.91 Å². The van der Waals surface area contributed by atoms with E-state index in [-0.39, 0.29) is 30.7 Å². The van der Waals surface area contributed by atoms with Gasteiger partial charge in [0.05, 0.1) is 14.7 Å². The topological polar surface area (TPSA) is 108 Å². The first kappa shape index (κ1) is 21.0. The van der Waals surface area contributed by atoms with Crippen molar-refractivity contribution in [1.29, 1.82) is 0 Å². The highest BCUT2D eigenvalue weighted by Crippen LogP contribution is 2.37. The maximum absolute atomic E-state index is 12.7. The van der Waals surface area contributed by atoms with Gasteiger partial charge in [0.2, 0.25) is 25.5 Å². The fourth-order valence-electron chi connectivity index (χ4n) is 3.67. The number of hydrogen-bond acceptors (Lipinski definition) is 6. The van der Waals surface area contributed by atoms with Crippen LogP contribution in [-0.2, 0) is 19.7 Å². The number of carbonyl (C=O) groups excluding carboxylic acids is 1. The van der Waals surface area contributed by atoms with Crippen molar-refractivity contribution in [3.05, 3.63) is 98.8 Å². The van der Waals surface area contributed by atoms with Gasteiger partial charge in [-0.15, -0.1) is 0 Å². The van der Waals surface area contributed by atoms with Crippen LogP contribution < -0.4 is 5.11 Å². The van der Waals surface area contributed by atoms with Gasteiger partial charge in [-0.2, -0.15) is 0 Å². The molecule has 2 heterocycles. The Morgan fingerprint density at radius 1 is 0.806 bits per heavy atom. The number of allylic oxidation sites excluding steroid dienone is 6. The lowest BCUT2D eigenvalue weighted by Gasteiger charge is -2.08. The van der Waals surface area contributed by atoms with Crippen molar-refractivity contribution in [1.82, 2.24) is 0 Å². The molecule has 2 aliphatic rings. The molecule has 0 saturated heterocycles. The van der Waals surface area contributed by atoms with Crippen molar-refractivity contribution >= 4 is 31.2 Å². The molecule has 0 atom stereocenters. The summed E-state index contributed by atoms with van der Waals surface area (Å²) >= 11 is 0. The first-order chi connectivity index (χ1) is 14.5. The number of carbonyl (C=O) groups is 1. The summed E-state index contributed by atoms with van der Waals surface area (Å²) in [6.07, 6.45) is 4.05. The van der Waals surface area contributed by atoms with Gasteiger partial charge in [0.25, 0.3) is 0 Å². The molecule has 0 unspecified atom stereocenters. The quantitative estimate of drug-likeness (QED) is 0.522. The summed E-state index contributed by atoms with van der Waals surface area (Å²) in [5.74, 6) is -1.16. The number of ketones is 1. The fourth-order valence-corrected chi connectivity index (χ4v) is 6.95. The van der Waals surface area contributed by atoms with E-state index < -0.39 is 31.2 Å². The molecule has 0 amide bonds. The Hall–Kier alpha value is -3.23. The van der Waals surface area contributed by atoms with E-state index in [4.69, 9.17) is 0 Å². The van der Waals surface area contributed by atoms with Crippen molar-refractivity contribution in [2.24, 2.45) is 0 Å². The Bertz CT molecular complexity index is 1480. The Morgan fingerprint density at radius 3 is 1.94 bits per heavy atom. The molecular weight excluding hydrogens is 436 g/mol. The van der Waals surface area contributed by atoms with Gasteiger partial charge < -0.3 is 5.11 Å². The van der Waals surface area contributed by atoms with Gasteiger partial charge in [-0.3, -0.25) is 4.79 Å². The Morgan fingerprint density at radius 2 is 1.35 bits per heavy atom. The first-order valence-electron chi connectivity index (χ1n) is 9.28. The minimum atomic E-state index is -3.92. The van der Waals surface area contributed by atoms with E-state index in [0.717, 1.165) is 0 Å². The number of Topliss-reactive ketones (excluding diaryl/α,β-unsaturated/α-hetero) is 1. The summed E-state index contributed by atoms with van der Waals surface area (Å²) in [6.45, 7) is 3.20. The minimum Gasteiger partial charge on any atom is -0.871 e. The molecule has 6 nitrogen and oxygen atoms in total. The molecule has 0 fully saturated rings. The van der Waals surface area contributed by atoms with Crippen molar-refractivity contribution in [3.8, 4) is 0 Å². The van der Waals surface area contributed by atoms with Crippen LogP contribution in [0, 0.1) is 0 Å². The predicted octanol–water partition coefficient (Wildman–Crippen LogP) is 2.95. The number of fused-ring (bicyclic) bond motifs is 2. The summed E-state index contributed by atoms with van der Waals surface area (Å²) in [7, 11) is -7.83. The monoisotopic (exact) mass is 453 g/mol. The van der Waals surface area contributed by atoms with Crippen LogP contribution in [0.15, 0.2) is 97.5 Å². The Labute approximate surface area is 180 Å². The van der Waals surface area contributed by atoms with Crippen LogP contribution in [0.1, 0.15) is 29.8 Å². The van der Waals surface area contributed by atoms with Crippen LogP contribution in [0.3, 0.4) is 0 Å². The third-order valence-corrected chi connectivity index (χ3v) is 8.68. The van der Waals surface area contributed by atoms with E-state index in [1.54, 1.807) is 38.1 Å². The van der Waals surface area contributed by atoms with Gasteiger partial charge in [-0.25, -0.2) is 16.8 Å². The summed E-state index contributed by atoms with van der Waals surface area (Å²) in [5, 5.41) is 12.5. The molecule has 2 aromatic carbocycles. The fraction of sp³-hybridized carbons (Fsp3) is 0.0870. The standard InChI is InChI=1S/C23H18O6S2/c1-14(12-20-22(24)16-7-3-5-9-18(16)30(20,26)27)11-15(2)13-21-23(25)17-8-4-6-10-19(17)31(21,28)29/h3-13,24H,1-2H3/p-1. The van der Waals surface area contributed by atoms with E-state index >= 15 is 0 Å². The molecule has 0 N–H and O–H groups in total. The molecule has 31 heavy (non-hydrogen) atoms. The zero-order chi connectivity index (χ0) is 22.6. The van der Waals surface area contributed by atoms with E-state index in [2.05, 4.69) is 0 Å². The van der Waals surface area contributed by atoms with E-state index in [9.17, 15) is 26.7 Å². The molecule has 0 aliphatic carbocycles. The second kappa shape index (κ2) is 7.18. The molecule has 2 aliphatic heterocycles. The largest absolute Gasteiger partial charge is 0.871 e. The smallest absolute Gasteiger partial charge is 0.211 e. The predicted molar refractivity (Wildman–Crippen MR) is 114 cm³/mol. The zero-order valence-corrected chi connectivity index (χ0v) is 18.2. The number of sulfone groups is 2. The van der Waals surface area contributed by atoms with Crippen molar-refractivity contribution in [2.75, 3.05) is 0 Å². The molecule has 0 radical (unpaired) electrons. The van der Waals surface area contributed by atoms with Crippen LogP contribution in [0.25, 0.3) is 5.76 Å². The second-order valence-corrected chi connectivity index (χ2v) is 11.1. The molecule has 8 heteroatoms. The zero-order valence-electron chi connectivity index (χ0n) is 16.6. The van der Waals surface area contributed by atoms with Crippen molar-refractivity contribution in [2.45, 2.75) is 23.6 Å². The molecule has 0 aromatic heterocycles. The van der Waals surface area contributed by atoms with Gasteiger partial charge in [-0.05, 0) is 60.9 Å². The van der Waals surface area contributed by atoms with Crippen molar-refractivity contribution in [3.63, 3.8) is 0 Å². The lowest BCUT2D eigenvalue weighted by molar-refractivity contribution is -0.244. The number of rotatable bonds is 3. The molecule has 0 saturated carbocycles. The van der Waals surface area contributed by atoms with E-state index in [1.807, 2.05) is 0 Å². The first-order valence-corrected chi connectivity index (χ1v) is 12.2. The molecule has 2 aromatic rings. The van der Waals surface area contributed by atoms with Gasteiger partial charge >= 0.3 is 0 Å². The normalized spacial score (nSPS) is 20.8. The maximum atomic E-state index is 12.7. The Kier molecular flexibility index (Phi) is 4.87. The average Bonchev–Trinajstić information content (AvgIpc) is 3.03. The van der Waals surface area contributed by atoms with Crippen LogP contribution in [0.5, 0.6) is 0 Å². The Balaban J connectivity index is 1.72. The second-order valence-electron chi connectivity index (χ2n) is 7.31. The summed E-state index contributed by atoms with van der Waals surface area (Å²) in [6, 6.07) is 12.0. The summed E-state index contributed by atoms with van der Waals surface area (Å²) in [4.78, 5) is 11.8. The van der Waals surface area contributed by atoms with Crippen molar-refractivity contribution < 1.29 is 26.7 Å². The highest BCUT2D eigenvalue weighted by Gasteiger charge is 2.38. The van der Waals surface area contributed by atoms with Crippen LogP contribution >= 0.6 is 0 Å². The van der Waals surface area contributed by atoms with Gasteiger partial charge in [0, 0.05) is 5.56 Å². The van der Waals surface area contributed by atoms with Crippen LogP contribution in [0.4, 0.5) is 0 Å². The third-order valence-electron chi connectivity index (χ3n) is 5.04. The molecule has 158 valence electrons. The van der Waals surface area contributed by atoms with E-state index in [0.29, 0.717) is 11.1 Å². The lowest BCUT2D eigenvalue weighted by atomic mass is 10.1. The highest BCUT2D eigenvalue weighted by atomic mass is 32.2. The average molecular weight is 454 g/mol. The number of hydrogen-bond donors (Lipinski definition) is 0. The van der Waals surface area contributed by atoms with Gasteiger partial charge in [-0.1, -0.05) is 42.2 Å². The molecular formula is C23H17O6S2-. The molecule has 0 spiro atoms. The van der Waals surface area contributed by atoms with Gasteiger partial charge in [0.15, 0.2) is 0 Å². The summed E-state index contributed by atoms with van der Waals surface area (Å²) < 4.78 is 50.8. The summed E-state index contributed by atoms with van der Waals surface area (Å²) in [5.41, 5.74) is 1.11. The maximum Gasteiger partial charge on any atom is 0.211 e. The molecule has 4 rings (SSSR count). The SMILES string of the molecule is CC(=CC(C)=CC1=C([O-])c2ccccc2S1(=O)=O)C=C1C(=O)c2ccccc2S1(=O)=O. The lowest BCUT2D eigenvalue weighted by Crippen LogP contribution is -2.04. The highest BCUT2D eigenvalue weighted by molar-refractivity contribution is 7.97. The molecule has 0 bridgehead atoms. The van der Waals surface area contributed by atoms with Crippen LogP contribution in [0.2, 0.25) is 0 Å².